The maximum Gasteiger partial charge on any atom is 0.347 e. The first-order valence-corrected chi connectivity index (χ1v) is 7.25. The molecule has 8 heteroatoms. The zero-order chi connectivity index (χ0) is 15.4. The molecule has 0 fully saturated rings. The highest BCUT2D eigenvalue weighted by molar-refractivity contribution is 7.03. The first-order valence-electron chi connectivity index (χ1n) is 6.41. The fourth-order valence-electron chi connectivity index (χ4n) is 1.91. The highest BCUT2D eigenvalue weighted by atomic mass is 32.1. The lowest BCUT2D eigenvalue weighted by Gasteiger charge is -2.07. The van der Waals surface area contributed by atoms with Gasteiger partial charge >= 0.3 is 5.69 Å². The molecule has 1 aromatic carbocycles. The quantitative estimate of drug-likeness (QED) is 0.786. The van der Waals surface area contributed by atoms with Crippen molar-refractivity contribution in [2.45, 2.75) is 6.54 Å². The SMILES string of the molecule is O=C(Cn1cccnc1=O)Nc1cccc(-c2csnn2)c1. The molecule has 2 heterocycles. The normalized spacial score (nSPS) is 10.4. The van der Waals surface area contributed by atoms with Crippen LogP contribution in [-0.4, -0.2) is 25.0 Å². The van der Waals surface area contributed by atoms with Gasteiger partial charge in [0.05, 0.1) is 0 Å². The van der Waals surface area contributed by atoms with Gasteiger partial charge in [0.25, 0.3) is 0 Å². The summed E-state index contributed by atoms with van der Waals surface area (Å²) in [6.45, 7) is -0.0881. The van der Waals surface area contributed by atoms with Gasteiger partial charge in [0.1, 0.15) is 12.2 Å². The van der Waals surface area contributed by atoms with E-state index in [-0.39, 0.29) is 12.5 Å². The summed E-state index contributed by atoms with van der Waals surface area (Å²) >= 11 is 1.26. The van der Waals surface area contributed by atoms with Crippen LogP contribution in [0.1, 0.15) is 0 Å². The van der Waals surface area contributed by atoms with Crippen LogP contribution >= 0.6 is 11.5 Å². The lowest BCUT2D eigenvalue weighted by Crippen LogP contribution is -2.28. The van der Waals surface area contributed by atoms with Gasteiger partial charge in [0, 0.05) is 29.0 Å². The summed E-state index contributed by atoms with van der Waals surface area (Å²) in [6.07, 6.45) is 2.91. The lowest BCUT2D eigenvalue weighted by molar-refractivity contribution is -0.116. The maximum absolute atomic E-state index is 12.0. The van der Waals surface area contributed by atoms with Crippen molar-refractivity contribution in [3.8, 4) is 11.3 Å². The predicted molar refractivity (Wildman–Crippen MR) is 82.5 cm³/mol. The van der Waals surface area contributed by atoms with Gasteiger partial charge in [0.15, 0.2) is 0 Å². The number of anilines is 1. The van der Waals surface area contributed by atoms with Gasteiger partial charge in [-0.25, -0.2) is 9.78 Å². The third-order valence-electron chi connectivity index (χ3n) is 2.90. The number of carbonyl (C=O) groups is 1. The first kappa shape index (κ1) is 14.1. The van der Waals surface area contributed by atoms with Crippen molar-refractivity contribution in [1.29, 1.82) is 0 Å². The number of nitrogens with zero attached hydrogens (tertiary/aromatic N) is 4. The fourth-order valence-corrected chi connectivity index (χ4v) is 2.37. The monoisotopic (exact) mass is 313 g/mol. The summed E-state index contributed by atoms with van der Waals surface area (Å²) < 4.78 is 5.05. The molecular formula is C14H11N5O2S. The molecule has 0 spiro atoms. The van der Waals surface area contributed by atoms with Gasteiger partial charge in [-0.3, -0.25) is 9.36 Å². The van der Waals surface area contributed by atoms with Crippen molar-refractivity contribution < 1.29 is 4.79 Å². The van der Waals surface area contributed by atoms with Crippen molar-refractivity contribution in [1.82, 2.24) is 19.1 Å². The van der Waals surface area contributed by atoms with Crippen molar-refractivity contribution in [2.24, 2.45) is 0 Å². The van der Waals surface area contributed by atoms with E-state index in [0.717, 1.165) is 11.3 Å². The highest BCUT2D eigenvalue weighted by Gasteiger charge is 2.07. The third kappa shape index (κ3) is 3.23. The van der Waals surface area contributed by atoms with Crippen LogP contribution in [0, 0.1) is 0 Å². The zero-order valence-electron chi connectivity index (χ0n) is 11.3. The Bertz CT molecular complexity index is 844. The lowest BCUT2D eigenvalue weighted by atomic mass is 10.1. The van der Waals surface area contributed by atoms with Crippen LogP contribution in [0.2, 0.25) is 0 Å². The maximum atomic E-state index is 12.0. The van der Waals surface area contributed by atoms with Crippen molar-refractivity contribution >= 4 is 23.1 Å². The molecule has 3 aromatic rings. The largest absolute Gasteiger partial charge is 0.347 e. The van der Waals surface area contributed by atoms with Crippen LogP contribution < -0.4 is 11.0 Å². The van der Waals surface area contributed by atoms with Crippen LogP contribution in [0.4, 0.5) is 5.69 Å². The minimum absolute atomic E-state index is 0.0881. The molecule has 1 N–H and O–H groups in total. The van der Waals surface area contributed by atoms with Crippen molar-refractivity contribution in [3.63, 3.8) is 0 Å². The molecule has 3 rings (SSSR count). The molecule has 0 aliphatic rings. The smallest absolute Gasteiger partial charge is 0.325 e. The van der Waals surface area contributed by atoms with E-state index in [1.54, 1.807) is 18.2 Å². The van der Waals surface area contributed by atoms with Gasteiger partial charge in [-0.15, -0.1) is 5.10 Å². The second-order valence-corrected chi connectivity index (χ2v) is 5.06. The number of hydrogen-bond donors (Lipinski definition) is 1. The first-order chi connectivity index (χ1) is 10.7. The Labute approximate surface area is 129 Å². The fraction of sp³-hybridized carbons (Fsp3) is 0.0714. The Morgan fingerprint density at radius 2 is 2.23 bits per heavy atom. The number of carbonyl (C=O) groups excluding carboxylic acids is 1. The van der Waals surface area contributed by atoms with E-state index in [4.69, 9.17) is 0 Å². The molecule has 2 aromatic heterocycles. The number of amides is 1. The molecule has 0 saturated carbocycles. The summed E-state index contributed by atoms with van der Waals surface area (Å²) in [4.78, 5) is 27.1. The Kier molecular flexibility index (Phi) is 4.01. The summed E-state index contributed by atoms with van der Waals surface area (Å²) in [5, 5.41) is 8.57. The van der Waals surface area contributed by atoms with Crippen LogP contribution in [0.5, 0.6) is 0 Å². The topological polar surface area (TPSA) is 89.8 Å². The molecule has 0 unspecified atom stereocenters. The number of aromatic nitrogens is 4. The third-order valence-corrected chi connectivity index (χ3v) is 3.40. The molecule has 0 radical (unpaired) electrons. The molecule has 0 aliphatic carbocycles. The average Bonchev–Trinajstić information content (AvgIpc) is 3.04. The molecule has 0 aliphatic heterocycles. The van der Waals surface area contributed by atoms with Gasteiger partial charge in [0.2, 0.25) is 5.91 Å². The minimum atomic E-state index is -0.458. The summed E-state index contributed by atoms with van der Waals surface area (Å²) in [7, 11) is 0. The minimum Gasteiger partial charge on any atom is -0.325 e. The number of benzene rings is 1. The Balaban J connectivity index is 1.73. The van der Waals surface area contributed by atoms with Crippen molar-refractivity contribution in [3.05, 3.63) is 58.6 Å². The number of hydrogen-bond acceptors (Lipinski definition) is 6. The van der Waals surface area contributed by atoms with E-state index >= 15 is 0 Å². The van der Waals surface area contributed by atoms with Gasteiger partial charge in [-0.1, -0.05) is 16.6 Å². The van der Waals surface area contributed by atoms with E-state index in [9.17, 15) is 9.59 Å². The van der Waals surface area contributed by atoms with Gasteiger partial charge in [-0.05, 0) is 29.7 Å². The molecule has 1 amide bonds. The zero-order valence-corrected chi connectivity index (χ0v) is 12.2. The average molecular weight is 313 g/mol. The summed E-state index contributed by atoms with van der Waals surface area (Å²) in [5.74, 6) is -0.302. The Hall–Kier alpha value is -2.87. The molecule has 110 valence electrons. The molecule has 7 nitrogen and oxygen atoms in total. The van der Waals surface area contributed by atoms with Gasteiger partial charge < -0.3 is 5.32 Å². The number of rotatable bonds is 4. The molecule has 0 bridgehead atoms. The van der Waals surface area contributed by atoms with E-state index in [2.05, 4.69) is 19.9 Å². The van der Waals surface area contributed by atoms with E-state index < -0.39 is 5.69 Å². The standard InChI is InChI=1S/C14H11N5O2S/c20-13(8-19-6-2-5-15-14(19)21)16-11-4-1-3-10(7-11)12-9-22-18-17-12/h1-7,9H,8H2,(H,16,20). The molecule has 22 heavy (non-hydrogen) atoms. The Morgan fingerprint density at radius 3 is 3.00 bits per heavy atom. The molecule has 0 saturated heterocycles. The summed E-state index contributed by atoms with van der Waals surface area (Å²) in [5.41, 5.74) is 1.79. The van der Waals surface area contributed by atoms with Crippen LogP contribution in [0.3, 0.4) is 0 Å². The number of nitrogens with one attached hydrogen (secondary N) is 1. The van der Waals surface area contributed by atoms with E-state index in [1.807, 2.05) is 17.5 Å². The molecular weight excluding hydrogens is 302 g/mol. The second kappa shape index (κ2) is 6.27. The highest BCUT2D eigenvalue weighted by Crippen LogP contribution is 2.21. The van der Waals surface area contributed by atoms with E-state index in [1.165, 1.54) is 28.5 Å². The van der Waals surface area contributed by atoms with Crippen molar-refractivity contribution in [2.75, 3.05) is 5.32 Å². The second-order valence-electron chi connectivity index (χ2n) is 4.45. The van der Waals surface area contributed by atoms with Crippen LogP contribution in [0.25, 0.3) is 11.3 Å². The summed E-state index contributed by atoms with van der Waals surface area (Å²) in [6, 6.07) is 8.89. The molecule has 0 atom stereocenters. The van der Waals surface area contributed by atoms with E-state index in [0.29, 0.717) is 5.69 Å². The van der Waals surface area contributed by atoms with Crippen LogP contribution in [-0.2, 0) is 11.3 Å². The predicted octanol–water partition coefficient (Wildman–Crippen LogP) is 1.40. The Morgan fingerprint density at radius 1 is 1.32 bits per heavy atom. The van der Waals surface area contributed by atoms with Crippen LogP contribution in [0.15, 0.2) is 52.9 Å². The van der Waals surface area contributed by atoms with Gasteiger partial charge in [-0.2, -0.15) is 0 Å².